The molecular formula is C18H22N2S. The molecule has 1 N–H and O–H groups in total. The molecule has 1 heterocycles. The van der Waals surface area contributed by atoms with E-state index in [0.717, 1.165) is 5.25 Å². The predicted octanol–water partition coefficient (Wildman–Crippen LogP) is 5.29. The Bertz CT molecular complexity index is 564. The van der Waals surface area contributed by atoms with Crippen LogP contribution in [0.4, 0.5) is 5.69 Å². The van der Waals surface area contributed by atoms with Gasteiger partial charge in [0.2, 0.25) is 0 Å². The minimum Gasteiger partial charge on any atom is -0.378 e. The fraction of sp³-hybridized carbons (Fsp3) is 0.389. The second kappa shape index (κ2) is 6.99. The van der Waals surface area contributed by atoms with Gasteiger partial charge in [0.05, 0.1) is 0 Å². The van der Waals surface area contributed by atoms with Crippen molar-refractivity contribution in [1.29, 1.82) is 0 Å². The van der Waals surface area contributed by atoms with Crippen LogP contribution in [0.2, 0.25) is 0 Å². The summed E-state index contributed by atoms with van der Waals surface area (Å²) in [4.78, 5) is 5.47. The van der Waals surface area contributed by atoms with Gasteiger partial charge in [0.25, 0.3) is 0 Å². The number of thioether (sulfide) groups is 1. The van der Waals surface area contributed by atoms with E-state index in [1.54, 1.807) is 0 Å². The Balaban J connectivity index is 1.72. The highest BCUT2D eigenvalue weighted by Gasteiger charge is 2.18. The summed E-state index contributed by atoms with van der Waals surface area (Å²) in [5, 5.41) is 4.45. The zero-order valence-electron chi connectivity index (χ0n) is 12.5. The van der Waals surface area contributed by atoms with Gasteiger partial charge in [0, 0.05) is 34.3 Å². The van der Waals surface area contributed by atoms with E-state index in [0.29, 0.717) is 6.04 Å². The number of nitrogens with one attached hydrogen (secondary N) is 1. The molecule has 1 atom stereocenters. The number of pyridine rings is 1. The number of para-hydroxylation sites is 1. The molecule has 0 radical (unpaired) electrons. The standard InChI is InChI=1S/C18H22N2S/c1-14(15-10-12-19-13-11-15)20-17-8-4-5-9-18(17)21-16-6-2-3-7-16/h4-5,8-14,16,20H,2-3,6-7H2,1H3. The van der Waals surface area contributed by atoms with Gasteiger partial charge in [-0.3, -0.25) is 4.98 Å². The van der Waals surface area contributed by atoms with E-state index in [4.69, 9.17) is 0 Å². The Hall–Kier alpha value is -1.48. The van der Waals surface area contributed by atoms with Gasteiger partial charge in [0.15, 0.2) is 0 Å². The summed E-state index contributed by atoms with van der Waals surface area (Å²) < 4.78 is 0. The summed E-state index contributed by atoms with van der Waals surface area (Å²) in [6, 6.07) is 13.1. The van der Waals surface area contributed by atoms with E-state index < -0.39 is 0 Å². The van der Waals surface area contributed by atoms with E-state index in [9.17, 15) is 0 Å². The quantitative estimate of drug-likeness (QED) is 0.812. The average molecular weight is 298 g/mol. The van der Waals surface area contributed by atoms with Crippen molar-refractivity contribution in [2.45, 2.75) is 48.8 Å². The molecule has 3 rings (SSSR count). The molecule has 0 amide bonds. The Kier molecular flexibility index (Phi) is 4.81. The Morgan fingerprint density at radius 1 is 1.10 bits per heavy atom. The van der Waals surface area contributed by atoms with Crippen LogP contribution in [0, 0.1) is 0 Å². The van der Waals surface area contributed by atoms with Crippen molar-refractivity contribution >= 4 is 17.4 Å². The summed E-state index contributed by atoms with van der Waals surface area (Å²) in [7, 11) is 0. The number of rotatable bonds is 5. The smallest absolute Gasteiger partial charge is 0.0487 e. The van der Waals surface area contributed by atoms with Crippen LogP contribution in [-0.4, -0.2) is 10.2 Å². The van der Waals surface area contributed by atoms with Gasteiger partial charge in [-0.2, -0.15) is 0 Å². The second-order valence-electron chi connectivity index (χ2n) is 5.67. The molecule has 0 saturated heterocycles. The minimum absolute atomic E-state index is 0.290. The number of hydrogen-bond donors (Lipinski definition) is 1. The van der Waals surface area contributed by atoms with Crippen molar-refractivity contribution in [2.24, 2.45) is 0 Å². The van der Waals surface area contributed by atoms with Gasteiger partial charge in [0.1, 0.15) is 0 Å². The number of benzene rings is 1. The summed E-state index contributed by atoms with van der Waals surface area (Å²) in [6.45, 7) is 2.20. The Labute approximate surface area is 131 Å². The maximum absolute atomic E-state index is 4.09. The maximum atomic E-state index is 4.09. The highest BCUT2D eigenvalue weighted by molar-refractivity contribution is 8.00. The highest BCUT2D eigenvalue weighted by atomic mass is 32.2. The first kappa shape index (κ1) is 14.5. The van der Waals surface area contributed by atoms with Crippen molar-refractivity contribution in [3.8, 4) is 0 Å². The Morgan fingerprint density at radius 3 is 2.57 bits per heavy atom. The molecule has 21 heavy (non-hydrogen) atoms. The number of anilines is 1. The number of aromatic nitrogens is 1. The van der Waals surface area contributed by atoms with Crippen molar-refractivity contribution < 1.29 is 0 Å². The van der Waals surface area contributed by atoms with E-state index >= 15 is 0 Å². The third-order valence-electron chi connectivity index (χ3n) is 4.06. The average Bonchev–Trinajstić information content (AvgIpc) is 3.03. The molecule has 1 fully saturated rings. The molecule has 1 aromatic heterocycles. The molecule has 0 aliphatic heterocycles. The van der Waals surface area contributed by atoms with Gasteiger partial charge < -0.3 is 5.32 Å². The normalized spacial score (nSPS) is 16.8. The summed E-state index contributed by atoms with van der Waals surface area (Å²) in [5.74, 6) is 0. The third kappa shape index (κ3) is 3.79. The fourth-order valence-corrected chi connectivity index (χ4v) is 4.18. The van der Waals surface area contributed by atoms with E-state index in [1.165, 1.54) is 41.8 Å². The van der Waals surface area contributed by atoms with Gasteiger partial charge in [-0.05, 0) is 49.6 Å². The molecule has 2 aromatic rings. The molecule has 1 unspecified atom stereocenters. The lowest BCUT2D eigenvalue weighted by Crippen LogP contribution is -2.08. The number of nitrogens with zero attached hydrogens (tertiary/aromatic N) is 1. The van der Waals surface area contributed by atoms with Crippen LogP contribution >= 0.6 is 11.8 Å². The van der Waals surface area contributed by atoms with Crippen molar-refractivity contribution in [3.05, 3.63) is 54.4 Å². The lowest BCUT2D eigenvalue weighted by atomic mass is 10.1. The maximum Gasteiger partial charge on any atom is 0.0487 e. The van der Waals surface area contributed by atoms with E-state index in [2.05, 4.69) is 53.6 Å². The monoisotopic (exact) mass is 298 g/mol. The molecule has 1 aliphatic rings. The summed E-state index contributed by atoms with van der Waals surface area (Å²) in [5.41, 5.74) is 2.52. The van der Waals surface area contributed by atoms with Crippen LogP contribution < -0.4 is 5.32 Å². The predicted molar refractivity (Wildman–Crippen MR) is 90.8 cm³/mol. The molecule has 1 saturated carbocycles. The molecule has 2 nitrogen and oxygen atoms in total. The van der Waals surface area contributed by atoms with E-state index in [1.807, 2.05) is 24.2 Å². The van der Waals surface area contributed by atoms with Crippen LogP contribution in [0.1, 0.15) is 44.2 Å². The van der Waals surface area contributed by atoms with E-state index in [-0.39, 0.29) is 0 Å². The summed E-state index contributed by atoms with van der Waals surface area (Å²) in [6.07, 6.45) is 9.21. The van der Waals surface area contributed by atoms with Gasteiger partial charge in [-0.15, -0.1) is 11.8 Å². The Morgan fingerprint density at radius 2 is 1.81 bits per heavy atom. The van der Waals surface area contributed by atoms with Crippen molar-refractivity contribution in [3.63, 3.8) is 0 Å². The lowest BCUT2D eigenvalue weighted by Gasteiger charge is -2.19. The van der Waals surface area contributed by atoms with Crippen molar-refractivity contribution in [1.82, 2.24) is 4.98 Å². The summed E-state index contributed by atoms with van der Waals surface area (Å²) >= 11 is 2.04. The van der Waals surface area contributed by atoms with Crippen LogP contribution in [0.15, 0.2) is 53.7 Å². The zero-order chi connectivity index (χ0) is 14.5. The third-order valence-corrected chi connectivity index (χ3v) is 5.48. The first-order valence-electron chi connectivity index (χ1n) is 7.75. The highest BCUT2D eigenvalue weighted by Crippen LogP contribution is 2.38. The molecule has 110 valence electrons. The first-order valence-corrected chi connectivity index (χ1v) is 8.63. The molecule has 1 aromatic carbocycles. The second-order valence-corrected chi connectivity index (χ2v) is 7.01. The number of hydrogen-bond acceptors (Lipinski definition) is 3. The zero-order valence-corrected chi connectivity index (χ0v) is 13.3. The molecule has 3 heteroatoms. The van der Waals surface area contributed by atoms with Crippen LogP contribution in [-0.2, 0) is 0 Å². The fourth-order valence-electron chi connectivity index (χ4n) is 2.84. The largest absolute Gasteiger partial charge is 0.378 e. The molecule has 1 aliphatic carbocycles. The van der Waals surface area contributed by atoms with Gasteiger partial charge >= 0.3 is 0 Å². The van der Waals surface area contributed by atoms with Crippen LogP contribution in [0.5, 0.6) is 0 Å². The minimum atomic E-state index is 0.290. The topological polar surface area (TPSA) is 24.9 Å². The van der Waals surface area contributed by atoms with Crippen molar-refractivity contribution in [2.75, 3.05) is 5.32 Å². The van der Waals surface area contributed by atoms with Crippen LogP contribution in [0.25, 0.3) is 0 Å². The van der Waals surface area contributed by atoms with Gasteiger partial charge in [-0.25, -0.2) is 0 Å². The first-order chi connectivity index (χ1) is 10.3. The van der Waals surface area contributed by atoms with Crippen LogP contribution in [0.3, 0.4) is 0 Å². The lowest BCUT2D eigenvalue weighted by molar-refractivity contribution is 0.873. The molecule has 0 spiro atoms. The SMILES string of the molecule is CC(Nc1ccccc1SC1CCCC1)c1ccncc1. The van der Waals surface area contributed by atoms with Gasteiger partial charge in [-0.1, -0.05) is 25.0 Å². The molecular weight excluding hydrogens is 276 g/mol. The molecule has 0 bridgehead atoms.